The van der Waals surface area contributed by atoms with Crippen molar-refractivity contribution >= 4 is 10.0 Å². The van der Waals surface area contributed by atoms with E-state index in [1.165, 1.54) is 17.6 Å². The van der Waals surface area contributed by atoms with Gasteiger partial charge in [0.15, 0.2) is 0 Å². The van der Waals surface area contributed by atoms with Crippen LogP contribution in [0, 0.1) is 0 Å². The minimum Gasteiger partial charge on any atom is -0.495 e. The summed E-state index contributed by atoms with van der Waals surface area (Å²) in [5.74, 6) is 0.744. The normalized spacial score (nSPS) is 19.0. The van der Waals surface area contributed by atoms with E-state index in [9.17, 15) is 8.42 Å². The fourth-order valence-corrected chi connectivity index (χ4v) is 4.37. The van der Waals surface area contributed by atoms with Crippen molar-refractivity contribution in [2.45, 2.75) is 23.8 Å². The van der Waals surface area contributed by atoms with Crippen molar-refractivity contribution in [1.82, 2.24) is 14.3 Å². The molecule has 0 aliphatic carbocycles. The second-order valence-electron chi connectivity index (χ2n) is 5.44. The van der Waals surface area contributed by atoms with E-state index in [-0.39, 0.29) is 17.5 Å². The number of piperidine rings is 1. The predicted octanol–water partition coefficient (Wildman–Crippen LogP) is 1.72. The second-order valence-corrected chi connectivity index (χ2v) is 7.35. The molecule has 0 saturated carbocycles. The molecule has 24 heavy (non-hydrogen) atoms. The van der Waals surface area contributed by atoms with Gasteiger partial charge in [0, 0.05) is 18.9 Å². The van der Waals surface area contributed by atoms with E-state index in [0.29, 0.717) is 18.2 Å². The third-order valence-electron chi connectivity index (χ3n) is 3.85. The van der Waals surface area contributed by atoms with Gasteiger partial charge in [0.1, 0.15) is 16.7 Å². The molecule has 0 bridgehead atoms. The minimum atomic E-state index is -3.64. The third kappa shape index (κ3) is 3.49. The highest BCUT2D eigenvalue weighted by atomic mass is 32.2. The lowest BCUT2D eigenvalue weighted by molar-refractivity contribution is 0.124. The SMILES string of the molecule is COc1ccccc1S(=O)(=O)N1CCCC(Oc2cnccn2)C1. The lowest BCUT2D eigenvalue weighted by Gasteiger charge is -2.32. The number of sulfonamides is 1. The molecular weight excluding hydrogens is 330 g/mol. The van der Waals surface area contributed by atoms with E-state index >= 15 is 0 Å². The summed E-state index contributed by atoms with van der Waals surface area (Å²) < 4.78 is 38.2. The van der Waals surface area contributed by atoms with Gasteiger partial charge in [-0.15, -0.1) is 0 Å². The molecule has 7 nitrogen and oxygen atoms in total. The Morgan fingerprint density at radius 3 is 2.83 bits per heavy atom. The number of benzene rings is 1. The Hall–Kier alpha value is -2.19. The maximum absolute atomic E-state index is 12.9. The largest absolute Gasteiger partial charge is 0.495 e. The monoisotopic (exact) mass is 349 g/mol. The Bertz CT molecular complexity index is 783. The molecule has 1 fully saturated rings. The number of hydrogen-bond donors (Lipinski definition) is 0. The standard InChI is InChI=1S/C16H19N3O4S/c1-22-14-6-2-3-7-15(14)24(20,21)19-10-4-5-13(12-19)23-16-11-17-8-9-18-16/h2-3,6-9,11,13H,4-5,10,12H2,1H3. The highest BCUT2D eigenvalue weighted by Gasteiger charge is 2.33. The molecule has 0 radical (unpaired) electrons. The zero-order chi connectivity index (χ0) is 17.0. The molecule has 1 aliphatic heterocycles. The fourth-order valence-electron chi connectivity index (χ4n) is 2.71. The first-order valence-corrected chi connectivity index (χ1v) is 9.11. The van der Waals surface area contributed by atoms with E-state index in [1.807, 2.05) is 0 Å². The zero-order valence-electron chi connectivity index (χ0n) is 13.3. The van der Waals surface area contributed by atoms with Crippen LogP contribution in [0.1, 0.15) is 12.8 Å². The summed E-state index contributed by atoms with van der Waals surface area (Å²) in [6.07, 6.45) is 5.87. The molecule has 8 heteroatoms. The van der Waals surface area contributed by atoms with Crippen LogP contribution < -0.4 is 9.47 Å². The van der Waals surface area contributed by atoms with Crippen LogP contribution in [0.2, 0.25) is 0 Å². The summed E-state index contributed by atoms with van der Waals surface area (Å²) in [6, 6.07) is 6.63. The third-order valence-corrected chi connectivity index (χ3v) is 5.76. The fraction of sp³-hybridized carbons (Fsp3) is 0.375. The number of para-hydroxylation sites is 1. The highest BCUT2D eigenvalue weighted by molar-refractivity contribution is 7.89. The van der Waals surface area contributed by atoms with E-state index < -0.39 is 10.0 Å². The van der Waals surface area contributed by atoms with Crippen molar-refractivity contribution in [2.75, 3.05) is 20.2 Å². The lowest BCUT2D eigenvalue weighted by Crippen LogP contribution is -2.44. The second kappa shape index (κ2) is 7.14. The number of nitrogens with zero attached hydrogens (tertiary/aromatic N) is 3. The summed E-state index contributed by atoms with van der Waals surface area (Å²) in [5.41, 5.74) is 0. The Morgan fingerprint density at radius 1 is 1.25 bits per heavy atom. The molecule has 0 spiro atoms. The molecule has 0 N–H and O–H groups in total. The van der Waals surface area contributed by atoms with Gasteiger partial charge in [0.2, 0.25) is 15.9 Å². The number of ether oxygens (including phenoxy) is 2. The van der Waals surface area contributed by atoms with Crippen LogP contribution in [0.5, 0.6) is 11.6 Å². The van der Waals surface area contributed by atoms with Crippen molar-refractivity contribution in [3.63, 3.8) is 0 Å². The summed E-state index contributed by atoms with van der Waals surface area (Å²) in [4.78, 5) is 8.20. The van der Waals surface area contributed by atoms with Gasteiger partial charge in [-0.05, 0) is 25.0 Å². The van der Waals surface area contributed by atoms with Crippen LogP contribution in [0.4, 0.5) is 0 Å². The highest BCUT2D eigenvalue weighted by Crippen LogP contribution is 2.28. The minimum absolute atomic E-state index is 0.174. The number of aromatic nitrogens is 2. The molecule has 1 aromatic carbocycles. The summed E-state index contributed by atoms with van der Waals surface area (Å²) in [6.45, 7) is 0.734. The van der Waals surface area contributed by atoms with Gasteiger partial charge in [-0.25, -0.2) is 13.4 Å². The van der Waals surface area contributed by atoms with Crippen molar-refractivity contribution in [2.24, 2.45) is 0 Å². The molecule has 1 atom stereocenters. The predicted molar refractivity (Wildman–Crippen MR) is 87.4 cm³/mol. The van der Waals surface area contributed by atoms with E-state index in [4.69, 9.17) is 9.47 Å². The van der Waals surface area contributed by atoms with Crippen molar-refractivity contribution in [3.05, 3.63) is 42.9 Å². The Morgan fingerprint density at radius 2 is 2.08 bits per heavy atom. The van der Waals surface area contributed by atoms with Crippen LogP contribution in [-0.2, 0) is 10.0 Å². The molecule has 2 aromatic rings. The maximum Gasteiger partial charge on any atom is 0.246 e. The van der Waals surface area contributed by atoms with E-state index in [1.54, 1.807) is 36.7 Å². The first-order chi connectivity index (χ1) is 11.6. The topological polar surface area (TPSA) is 81.6 Å². The Balaban J connectivity index is 1.78. The molecule has 0 amide bonds. The van der Waals surface area contributed by atoms with Crippen LogP contribution in [0.25, 0.3) is 0 Å². The number of methoxy groups -OCH3 is 1. The lowest BCUT2D eigenvalue weighted by atomic mass is 10.1. The van der Waals surface area contributed by atoms with Crippen LogP contribution >= 0.6 is 0 Å². The van der Waals surface area contributed by atoms with E-state index in [0.717, 1.165) is 12.8 Å². The quantitative estimate of drug-likeness (QED) is 0.817. The van der Waals surface area contributed by atoms with Crippen molar-refractivity contribution < 1.29 is 17.9 Å². The Labute approximate surface area is 141 Å². The van der Waals surface area contributed by atoms with Gasteiger partial charge >= 0.3 is 0 Å². The molecule has 1 unspecified atom stereocenters. The van der Waals surface area contributed by atoms with Gasteiger partial charge < -0.3 is 9.47 Å². The van der Waals surface area contributed by atoms with Gasteiger partial charge in [0.05, 0.1) is 19.9 Å². The van der Waals surface area contributed by atoms with Gasteiger partial charge in [0.25, 0.3) is 0 Å². The maximum atomic E-state index is 12.9. The van der Waals surface area contributed by atoms with Crippen LogP contribution in [0.3, 0.4) is 0 Å². The molecule has 128 valence electrons. The summed E-state index contributed by atoms with van der Waals surface area (Å²) in [7, 11) is -2.17. The number of rotatable bonds is 5. The average Bonchev–Trinajstić information content (AvgIpc) is 2.63. The molecule has 1 aliphatic rings. The first-order valence-electron chi connectivity index (χ1n) is 7.67. The van der Waals surface area contributed by atoms with E-state index in [2.05, 4.69) is 9.97 Å². The average molecular weight is 349 g/mol. The molecule has 2 heterocycles. The molecule has 1 aromatic heterocycles. The number of hydrogen-bond acceptors (Lipinski definition) is 6. The molecule has 3 rings (SSSR count). The summed E-state index contributed by atoms with van der Waals surface area (Å²) in [5, 5.41) is 0. The smallest absolute Gasteiger partial charge is 0.246 e. The molecular formula is C16H19N3O4S. The van der Waals surface area contributed by atoms with Gasteiger partial charge in [-0.3, -0.25) is 4.98 Å². The van der Waals surface area contributed by atoms with Crippen LogP contribution in [-0.4, -0.2) is 49.0 Å². The van der Waals surface area contributed by atoms with Crippen molar-refractivity contribution in [3.8, 4) is 11.6 Å². The summed E-state index contributed by atoms with van der Waals surface area (Å²) >= 11 is 0. The van der Waals surface area contributed by atoms with Gasteiger partial charge in [-0.1, -0.05) is 12.1 Å². The zero-order valence-corrected chi connectivity index (χ0v) is 14.1. The van der Waals surface area contributed by atoms with Crippen molar-refractivity contribution in [1.29, 1.82) is 0 Å². The van der Waals surface area contributed by atoms with Gasteiger partial charge in [-0.2, -0.15) is 4.31 Å². The first kappa shape index (κ1) is 16.7. The Kier molecular flexibility index (Phi) is 4.96. The molecule has 1 saturated heterocycles. The van der Waals surface area contributed by atoms with Crippen LogP contribution in [0.15, 0.2) is 47.8 Å².